The minimum absolute atomic E-state index is 0.0214. The summed E-state index contributed by atoms with van der Waals surface area (Å²) < 4.78 is 2.00. The Bertz CT molecular complexity index is 1110. The molecule has 166 valence electrons. The Balaban J connectivity index is 1.89. The molecule has 2 unspecified atom stereocenters. The molecule has 0 saturated heterocycles. The SMILES string of the molecule is CC(Sc1nnc(-c2ccc(Cl)cc2)n1Cc1ccccc1)C(=O)NC(C)(C#N)C(C)C. The maximum Gasteiger partial charge on any atom is 0.234 e. The number of hydrogen-bond acceptors (Lipinski definition) is 5. The van der Waals surface area contributed by atoms with Crippen molar-refractivity contribution >= 4 is 29.3 Å². The third-order valence-electron chi connectivity index (χ3n) is 5.42. The average Bonchev–Trinajstić information content (AvgIpc) is 3.16. The van der Waals surface area contributed by atoms with Crippen molar-refractivity contribution in [3.8, 4) is 17.5 Å². The zero-order valence-corrected chi connectivity index (χ0v) is 20.1. The molecule has 32 heavy (non-hydrogen) atoms. The minimum atomic E-state index is -0.932. The van der Waals surface area contributed by atoms with Gasteiger partial charge in [-0.3, -0.25) is 9.36 Å². The van der Waals surface area contributed by atoms with E-state index in [2.05, 4.69) is 21.6 Å². The van der Waals surface area contributed by atoms with E-state index < -0.39 is 10.8 Å². The Morgan fingerprint density at radius 2 is 1.81 bits per heavy atom. The summed E-state index contributed by atoms with van der Waals surface area (Å²) in [6, 6.07) is 19.7. The molecule has 0 radical (unpaired) electrons. The van der Waals surface area contributed by atoms with Crippen LogP contribution in [0.5, 0.6) is 0 Å². The topological polar surface area (TPSA) is 83.6 Å². The van der Waals surface area contributed by atoms with Crippen molar-refractivity contribution in [1.82, 2.24) is 20.1 Å². The molecule has 3 aromatic rings. The highest BCUT2D eigenvalue weighted by Gasteiger charge is 2.32. The lowest BCUT2D eigenvalue weighted by Crippen LogP contribution is -2.51. The van der Waals surface area contributed by atoms with Crippen LogP contribution < -0.4 is 5.32 Å². The number of carbonyl (C=O) groups excluding carboxylic acids is 1. The van der Waals surface area contributed by atoms with Gasteiger partial charge in [-0.15, -0.1) is 10.2 Å². The second-order valence-corrected chi connectivity index (χ2v) is 9.85. The van der Waals surface area contributed by atoms with E-state index in [0.717, 1.165) is 11.1 Å². The van der Waals surface area contributed by atoms with Gasteiger partial charge in [-0.25, -0.2) is 0 Å². The van der Waals surface area contributed by atoms with Crippen molar-refractivity contribution in [2.24, 2.45) is 5.92 Å². The number of benzene rings is 2. The van der Waals surface area contributed by atoms with Crippen molar-refractivity contribution in [3.63, 3.8) is 0 Å². The van der Waals surface area contributed by atoms with Crippen molar-refractivity contribution in [2.75, 3.05) is 0 Å². The molecule has 2 atom stereocenters. The van der Waals surface area contributed by atoms with Gasteiger partial charge in [0.1, 0.15) is 5.54 Å². The maximum absolute atomic E-state index is 12.9. The summed E-state index contributed by atoms with van der Waals surface area (Å²) in [4.78, 5) is 12.9. The molecule has 8 heteroatoms. The van der Waals surface area contributed by atoms with Crippen molar-refractivity contribution in [1.29, 1.82) is 5.26 Å². The molecule has 6 nitrogen and oxygen atoms in total. The Morgan fingerprint density at radius 3 is 2.41 bits per heavy atom. The zero-order valence-electron chi connectivity index (χ0n) is 18.5. The molecule has 1 amide bonds. The predicted molar refractivity (Wildman–Crippen MR) is 128 cm³/mol. The van der Waals surface area contributed by atoms with E-state index in [0.29, 0.717) is 22.5 Å². The summed E-state index contributed by atoms with van der Waals surface area (Å²) in [5.41, 5.74) is 1.05. The molecule has 1 aromatic heterocycles. The lowest BCUT2D eigenvalue weighted by Gasteiger charge is -2.28. The van der Waals surface area contributed by atoms with Crippen LogP contribution in [0.3, 0.4) is 0 Å². The molecule has 0 fully saturated rings. The van der Waals surface area contributed by atoms with Crippen LogP contribution in [0.2, 0.25) is 5.02 Å². The number of hydrogen-bond donors (Lipinski definition) is 1. The Morgan fingerprint density at radius 1 is 1.16 bits per heavy atom. The molecule has 0 aliphatic heterocycles. The highest BCUT2D eigenvalue weighted by molar-refractivity contribution is 8.00. The van der Waals surface area contributed by atoms with Gasteiger partial charge in [-0.05, 0) is 49.6 Å². The van der Waals surface area contributed by atoms with Gasteiger partial charge in [-0.1, -0.05) is 67.5 Å². The number of carbonyl (C=O) groups is 1. The predicted octanol–water partition coefficient (Wildman–Crippen LogP) is 5.18. The van der Waals surface area contributed by atoms with Crippen LogP contribution in [-0.4, -0.2) is 31.5 Å². The summed E-state index contributed by atoms with van der Waals surface area (Å²) >= 11 is 7.37. The first-order valence-corrected chi connectivity index (χ1v) is 11.6. The van der Waals surface area contributed by atoms with Gasteiger partial charge >= 0.3 is 0 Å². The number of thioether (sulfide) groups is 1. The van der Waals surface area contributed by atoms with Crippen LogP contribution in [0.1, 0.15) is 33.3 Å². The molecule has 0 aliphatic carbocycles. The van der Waals surface area contributed by atoms with Crippen LogP contribution in [-0.2, 0) is 11.3 Å². The van der Waals surface area contributed by atoms with E-state index in [1.165, 1.54) is 11.8 Å². The molecular weight excluding hydrogens is 442 g/mol. The number of nitrogens with zero attached hydrogens (tertiary/aromatic N) is 4. The second-order valence-electron chi connectivity index (χ2n) is 8.10. The molecule has 0 aliphatic rings. The van der Waals surface area contributed by atoms with Gasteiger partial charge in [0.25, 0.3) is 0 Å². The number of aromatic nitrogens is 3. The van der Waals surface area contributed by atoms with Crippen LogP contribution in [0.25, 0.3) is 11.4 Å². The standard InChI is InChI=1S/C24H26ClN5OS/c1-16(2)24(4,15-26)27-22(31)17(3)32-23-29-28-21(19-10-12-20(25)13-11-19)30(23)14-18-8-6-5-7-9-18/h5-13,16-17H,14H2,1-4H3,(H,27,31). The molecule has 1 heterocycles. The highest BCUT2D eigenvalue weighted by atomic mass is 35.5. The summed E-state index contributed by atoms with van der Waals surface area (Å²) in [6.07, 6.45) is 0. The first kappa shape index (κ1) is 23.8. The normalized spacial score (nSPS) is 13.9. The van der Waals surface area contributed by atoms with E-state index in [1.807, 2.05) is 79.9 Å². The Hall–Kier alpha value is -2.82. The lowest BCUT2D eigenvalue weighted by atomic mass is 9.90. The molecule has 2 aromatic carbocycles. The van der Waals surface area contributed by atoms with E-state index in [1.54, 1.807) is 6.92 Å². The van der Waals surface area contributed by atoms with Gasteiger partial charge in [0, 0.05) is 10.6 Å². The van der Waals surface area contributed by atoms with Gasteiger partial charge in [0.2, 0.25) is 5.91 Å². The lowest BCUT2D eigenvalue weighted by molar-refractivity contribution is -0.121. The number of amides is 1. The second kappa shape index (κ2) is 10.2. The van der Waals surface area contributed by atoms with E-state index in [-0.39, 0.29) is 11.8 Å². The molecule has 0 bridgehead atoms. The molecule has 0 spiro atoms. The third-order valence-corrected chi connectivity index (χ3v) is 6.76. The van der Waals surface area contributed by atoms with Gasteiger partial charge in [0.15, 0.2) is 11.0 Å². The van der Waals surface area contributed by atoms with E-state index in [4.69, 9.17) is 11.6 Å². The summed E-state index contributed by atoms with van der Waals surface area (Å²) in [5.74, 6) is 0.464. The number of rotatable bonds is 8. The average molecular weight is 468 g/mol. The van der Waals surface area contributed by atoms with Crippen molar-refractivity contribution < 1.29 is 4.79 Å². The van der Waals surface area contributed by atoms with Crippen LogP contribution >= 0.6 is 23.4 Å². The quantitative estimate of drug-likeness (QED) is 0.461. The Kier molecular flexibility index (Phi) is 7.60. The summed E-state index contributed by atoms with van der Waals surface area (Å²) in [6.45, 7) is 7.93. The van der Waals surface area contributed by atoms with E-state index in [9.17, 15) is 10.1 Å². The van der Waals surface area contributed by atoms with E-state index >= 15 is 0 Å². The third kappa shape index (κ3) is 5.50. The monoisotopic (exact) mass is 467 g/mol. The first-order chi connectivity index (χ1) is 15.2. The van der Waals surface area contributed by atoms with Gasteiger partial charge in [0.05, 0.1) is 17.9 Å². The molecule has 1 N–H and O–H groups in total. The number of nitrogens with one attached hydrogen (secondary N) is 1. The van der Waals surface area contributed by atoms with Gasteiger partial charge < -0.3 is 5.32 Å². The fourth-order valence-corrected chi connectivity index (χ4v) is 3.94. The largest absolute Gasteiger partial charge is 0.337 e. The van der Waals surface area contributed by atoms with Crippen LogP contribution in [0.4, 0.5) is 0 Å². The Labute approximate surface area is 198 Å². The zero-order chi connectivity index (χ0) is 23.3. The van der Waals surface area contributed by atoms with Crippen molar-refractivity contribution in [3.05, 3.63) is 65.2 Å². The van der Waals surface area contributed by atoms with Crippen LogP contribution in [0, 0.1) is 17.2 Å². The summed E-state index contributed by atoms with van der Waals surface area (Å²) in [5, 5.41) is 22.0. The van der Waals surface area contributed by atoms with Gasteiger partial charge in [-0.2, -0.15) is 5.26 Å². The summed E-state index contributed by atoms with van der Waals surface area (Å²) in [7, 11) is 0. The van der Waals surface area contributed by atoms with Crippen molar-refractivity contribution in [2.45, 2.75) is 50.2 Å². The minimum Gasteiger partial charge on any atom is -0.337 e. The molecule has 0 saturated carbocycles. The fourth-order valence-electron chi connectivity index (χ4n) is 2.97. The smallest absolute Gasteiger partial charge is 0.234 e. The van der Waals surface area contributed by atoms with Crippen LogP contribution in [0.15, 0.2) is 59.8 Å². The molecular formula is C24H26ClN5OS. The maximum atomic E-state index is 12.9. The number of halogens is 1. The fraction of sp³-hybridized carbons (Fsp3) is 0.333. The number of nitriles is 1. The highest BCUT2D eigenvalue weighted by Crippen LogP contribution is 2.29. The molecule has 3 rings (SSSR count). The first-order valence-electron chi connectivity index (χ1n) is 10.4.